The number of pyridine rings is 1. The molecule has 0 saturated carbocycles. The van der Waals surface area contributed by atoms with Crippen molar-refractivity contribution in [3.05, 3.63) is 125 Å². The standard InChI is InChI=1S/C25H20N4O5S/c30-25(27-23-14-15-26-17-24(23)29(31)32)20-10-7-13-22(16-20)35(33,34)28(21-11-5-2-6-12-21)18-19-8-3-1-4-9-19/h1-17H,18H2,(H,26,27,30). The van der Waals surface area contributed by atoms with Crippen LogP contribution in [-0.4, -0.2) is 24.2 Å². The maximum Gasteiger partial charge on any atom is 0.310 e. The topological polar surface area (TPSA) is 123 Å². The molecule has 0 aliphatic carbocycles. The van der Waals surface area contributed by atoms with Gasteiger partial charge < -0.3 is 5.32 Å². The van der Waals surface area contributed by atoms with Crippen LogP contribution in [0.4, 0.5) is 17.1 Å². The highest BCUT2D eigenvalue weighted by Crippen LogP contribution is 2.27. The van der Waals surface area contributed by atoms with E-state index in [9.17, 15) is 23.3 Å². The van der Waals surface area contributed by atoms with Crippen molar-refractivity contribution in [3.63, 3.8) is 0 Å². The minimum atomic E-state index is -4.07. The van der Waals surface area contributed by atoms with E-state index >= 15 is 0 Å². The predicted molar refractivity (Wildman–Crippen MR) is 132 cm³/mol. The maximum atomic E-state index is 13.7. The molecule has 9 nitrogen and oxygen atoms in total. The zero-order chi connectivity index (χ0) is 24.8. The van der Waals surface area contributed by atoms with Crippen LogP contribution in [0.15, 0.2) is 108 Å². The first-order chi connectivity index (χ1) is 16.9. The Morgan fingerprint density at radius 1 is 0.943 bits per heavy atom. The van der Waals surface area contributed by atoms with Gasteiger partial charge in [-0.2, -0.15) is 0 Å². The third-order valence-corrected chi connectivity index (χ3v) is 6.91. The number of nitrogens with zero attached hydrogens (tertiary/aromatic N) is 3. The second-order valence-electron chi connectivity index (χ2n) is 7.46. The first kappa shape index (κ1) is 23.6. The van der Waals surface area contributed by atoms with Crippen LogP contribution in [0.3, 0.4) is 0 Å². The van der Waals surface area contributed by atoms with Crippen molar-refractivity contribution in [1.29, 1.82) is 0 Å². The molecule has 0 fully saturated rings. The highest BCUT2D eigenvalue weighted by molar-refractivity contribution is 7.92. The molecule has 1 aromatic heterocycles. The summed E-state index contributed by atoms with van der Waals surface area (Å²) in [5.74, 6) is -0.689. The molecule has 10 heteroatoms. The lowest BCUT2D eigenvalue weighted by Gasteiger charge is -2.25. The van der Waals surface area contributed by atoms with Crippen LogP contribution in [0, 0.1) is 10.1 Å². The van der Waals surface area contributed by atoms with Crippen LogP contribution in [0.25, 0.3) is 0 Å². The monoisotopic (exact) mass is 488 g/mol. The van der Waals surface area contributed by atoms with Crippen molar-refractivity contribution < 1.29 is 18.1 Å². The van der Waals surface area contributed by atoms with E-state index in [4.69, 9.17) is 0 Å². The molecule has 176 valence electrons. The Morgan fingerprint density at radius 2 is 1.63 bits per heavy atom. The maximum absolute atomic E-state index is 13.7. The Kier molecular flexibility index (Phi) is 6.83. The summed E-state index contributed by atoms with van der Waals surface area (Å²) < 4.78 is 28.7. The molecule has 35 heavy (non-hydrogen) atoms. The molecule has 0 atom stereocenters. The minimum absolute atomic E-state index is 0.0323. The van der Waals surface area contributed by atoms with Crippen molar-refractivity contribution in [2.24, 2.45) is 0 Å². The van der Waals surface area contributed by atoms with E-state index in [0.29, 0.717) is 5.69 Å². The van der Waals surface area contributed by atoms with E-state index in [2.05, 4.69) is 10.3 Å². The van der Waals surface area contributed by atoms with E-state index in [1.54, 1.807) is 30.3 Å². The molecule has 0 spiro atoms. The van der Waals surface area contributed by atoms with Gasteiger partial charge in [0.15, 0.2) is 0 Å². The molecule has 4 aromatic rings. The van der Waals surface area contributed by atoms with Crippen LogP contribution in [0.1, 0.15) is 15.9 Å². The van der Waals surface area contributed by atoms with Crippen LogP contribution >= 0.6 is 0 Å². The first-order valence-electron chi connectivity index (χ1n) is 10.5. The van der Waals surface area contributed by atoms with Gasteiger partial charge in [0.25, 0.3) is 15.9 Å². The number of para-hydroxylation sites is 1. The molecular formula is C25H20N4O5S. The van der Waals surface area contributed by atoms with Gasteiger partial charge in [-0.1, -0.05) is 54.6 Å². The number of carbonyl (C=O) groups excluding carboxylic acids is 1. The van der Waals surface area contributed by atoms with Gasteiger partial charge in [-0.3, -0.25) is 24.2 Å². The zero-order valence-electron chi connectivity index (χ0n) is 18.3. The molecule has 0 bridgehead atoms. The van der Waals surface area contributed by atoms with Gasteiger partial charge in [0.05, 0.1) is 22.1 Å². The SMILES string of the molecule is O=C(Nc1ccncc1[N+](=O)[O-])c1cccc(S(=O)(=O)N(Cc2ccccc2)c2ccccc2)c1. The number of carbonyl (C=O) groups is 1. The van der Waals surface area contributed by atoms with E-state index in [-0.39, 0.29) is 28.4 Å². The summed E-state index contributed by atoms with van der Waals surface area (Å²) in [5, 5.41) is 13.7. The number of nitro groups is 1. The molecule has 0 saturated heterocycles. The Hall–Kier alpha value is -4.57. The fourth-order valence-electron chi connectivity index (χ4n) is 3.42. The number of hydrogen-bond donors (Lipinski definition) is 1. The van der Waals surface area contributed by atoms with Crippen LogP contribution in [0.2, 0.25) is 0 Å². The van der Waals surface area contributed by atoms with Gasteiger partial charge in [-0.05, 0) is 42.0 Å². The number of nitrogens with one attached hydrogen (secondary N) is 1. The Bertz CT molecular complexity index is 1460. The van der Waals surface area contributed by atoms with Crippen molar-refractivity contribution in [1.82, 2.24) is 4.98 Å². The highest BCUT2D eigenvalue weighted by atomic mass is 32.2. The van der Waals surface area contributed by atoms with Gasteiger partial charge >= 0.3 is 5.69 Å². The van der Waals surface area contributed by atoms with Crippen LogP contribution in [-0.2, 0) is 16.6 Å². The van der Waals surface area contributed by atoms with E-state index in [0.717, 1.165) is 11.8 Å². The average molecular weight is 489 g/mol. The smallest absolute Gasteiger partial charge is 0.310 e. The van der Waals surface area contributed by atoms with Gasteiger partial charge in [0.2, 0.25) is 0 Å². The quantitative estimate of drug-likeness (QED) is 0.285. The summed E-state index contributed by atoms with van der Waals surface area (Å²) in [4.78, 5) is 27.0. The second-order valence-corrected chi connectivity index (χ2v) is 9.33. The zero-order valence-corrected chi connectivity index (χ0v) is 19.1. The molecule has 0 aliphatic rings. The second kappa shape index (κ2) is 10.1. The summed E-state index contributed by atoms with van der Waals surface area (Å²) in [5.41, 5.74) is 0.878. The molecule has 0 radical (unpaired) electrons. The lowest BCUT2D eigenvalue weighted by Crippen LogP contribution is -2.30. The highest BCUT2D eigenvalue weighted by Gasteiger charge is 2.26. The van der Waals surface area contributed by atoms with Crippen molar-refractivity contribution >= 4 is 33.0 Å². The molecule has 1 amide bonds. The van der Waals surface area contributed by atoms with Crippen LogP contribution < -0.4 is 9.62 Å². The average Bonchev–Trinajstić information content (AvgIpc) is 2.88. The van der Waals surface area contributed by atoms with Gasteiger partial charge in [-0.25, -0.2) is 8.42 Å². The third-order valence-electron chi connectivity index (χ3n) is 5.14. The Balaban J connectivity index is 1.68. The van der Waals surface area contributed by atoms with Gasteiger partial charge in [-0.15, -0.1) is 0 Å². The summed E-state index contributed by atoms with van der Waals surface area (Å²) >= 11 is 0. The normalized spacial score (nSPS) is 11.0. The molecule has 0 aliphatic heterocycles. The van der Waals surface area contributed by atoms with E-state index in [1.165, 1.54) is 40.8 Å². The largest absolute Gasteiger partial charge is 0.316 e. The van der Waals surface area contributed by atoms with Crippen molar-refractivity contribution in [3.8, 4) is 0 Å². The molecule has 3 aromatic carbocycles. The summed E-state index contributed by atoms with van der Waals surface area (Å²) in [6.45, 7) is 0.0901. The van der Waals surface area contributed by atoms with E-state index in [1.807, 2.05) is 30.3 Å². The van der Waals surface area contributed by atoms with Gasteiger partial charge in [0.1, 0.15) is 11.9 Å². The number of anilines is 2. The molecule has 0 unspecified atom stereocenters. The fraction of sp³-hybridized carbons (Fsp3) is 0.0400. The minimum Gasteiger partial charge on any atom is -0.316 e. The molecule has 1 heterocycles. The number of hydrogen-bond acceptors (Lipinski definition) is 6. The molecule has 4 rings (SSSR count). The number of amides is 1. The fourth-order valence-corrected chi connectivity index (χ4v) is 4.91. The molecule has 1 N–H and O–H groups in total. The summed E-state index contributed by atoms with van der Waals surface area (Å²) in [6.07, 6.45) is 2.34. The summed E-state index contributed by atoms with van der Waals surface area (Å²) in [7, 11) is -4.07. The number of aromatic nitrogens is 1. The number of sulfonamides is 1. The predicted octanol–water partition coefficient (Wildman–Crippen LogP) is 4.64. The number of rotatable bonds is 8. The summed E-state index contributed by atoms with van der Waals surface area (Å²) in [6, 6.07) is 24.7. The Labute approximate surface area is 201 Å². The van der Waals surface area contributed by atoms with Crippen LogP contribution in [0.5, 0.6) is 0 Å². The van der Waals surface area contributed by atoms with E-state index < -0.39 is 20.9 Å². The van der Waals surface area contributed by atoms with Crippen molar-refractivity contribution in [2.45, 2.75) is 11.4 Å². The molecular weight excluding hydrogens is 468 g/mol. The third kappa shape index (κ3) is 5.33. The lowest BCUT2D eigenvalue weighted by atomic mass is 10.2. The first-order valence-corrected chi connectivity index (χ1v) is 11.9. The lowest BCUT2D eigenvalue weighted by molar-refractivity contribution is -0.384. The van der Waals surface area contributed by atoms with Crippen molar-refractivity contribution in [2.75, 3.05) is 9.62 Å². The Morgan fingerprint density at radius 3 is 2.31 bits per heavy atom. The van der Waals surface area contributed by atoms with Gasteiger partial charge in [0, 0.05) is 11.8 Å². The number of benzene rings is 3.